The Morgan fingerprint density at radius 1 is 1.39 bits per heavy atom. The van der Waals surface area contributed by atoms with Gasteiger partial charge in [0.05, 0.1) is 26.1 Å². The van der Waals surface area contributed by atoms with Crippen LogP contribution in [0.15, 0.2) is 6.33 Å². The third kappa shape index (κ3) is 5.93. The highest BCUT2D eigenvalue weighted by Crippen LogP contribution is 2.56. The second-order valence-corrected chi connectivity index (χ2v) is 12.7. The number of nitrogens with two attached hydrogens (primary N) is 1. The second kappa shape index (κ2) is 11.6. The van der Waals surface area contributed by atoms with E-state index in [1.165, 1.54) is 24.7 Å². The first-order valence-electron chi connectivity index (χ1n) is 11.5. The molecule has 14 nitrogen and oxygen atoms in total. The van der Waals surface area contributed by atoms with E-state index in [9.17, 15) is 19.6 Å². The third-order valence-electron chi connectivity index (χ3n) is 5.39. The minimum Gasteiger partial charge on any atom is -0.476 e. The number of carbonyl (C=O) groups is 1. The first-order valence-corrected chi connectivity index (χ1v) is 14.7. The van der Waals surface area contributed by atoms with Crippen molar-refractivity contribution in [3.8, 4) is 5.88 Å². The number of rotatable bonds is 12. The van der Waals surface area contributed by atoms with Crippen LogP contribution in [0.5, 0.6) is 5.88 Å². The fourth-order valence-corrected chi connectivity index (χ4v) is 7.31. The lowest BCUT2D eigenvalue weighted by molar-refractivity contribution is -0.144. The molecule has 1 fully saturated rings. The molecule has 0 aliphatic carbocycles. The summed E-state index contributed by atoms with van der Waals surface area (Å²) in [5.74, 6) is -0.0301. The summed E-state index contributed by atoms with van der Waals surface area (Å²) >= 11 is 0.990. The molecular formula is C20H33N6O8PS. The standard InChI is InChI=1S/C20H33N6O8PS/c1-6-31-16-13-15(23-19(21)24-16)26(10-22-13)18-20(5,29)14(27)12(34-18)9-33-35(30,36-8-3)25-11(4)17(28)32-7-2/h10-12,14,18,27,29H,6-9H2,1-5H3,(H,25,30)(H2,21,23,24)/t11?,12-,14-,18-,20-,35?/m1/s1. The van der Waals surface area contributed by atoms with E-state index < -0.39 is 42.8 Å². The average Bonchev–Trinajstić information content (AvgIpc) is 3.31. The summed E-state index contributed by atoms with van der Waals surface area (Å²) in [6.45, 7) is 4.72. The highest BCUT2D eigenvalue weighted by Gasteiger charge is 2.54. The molecule has 0 spiro atoms. The van der Waals surface area contributed by atoms with Crippen molar-refractivity contribution in [3.63, 3.8) is 0 Å². The van der Waals surface area contributed by atoms with Gasteiger partial charge in [0, 0.05) is 5.75 Å². The number of aliphatic hydroxyl groups excluding tert-OH is 1. The smallest absolute Gasteiger partial charge is 0.327 e. The highest BCUT2D eigenvalue weighted by atomic mass is 32.7. The summed E-state index contributed by atoms with van der Waals surface area (Å²) < 4.78 is 36.8. The fraction of sp³-hybridized carbons (Fsp3) is 0.700. The van der Waals surface area contributed by atoms with Gasteiger partial charge in [0.15, 0.2) is 17.4 Å². The molecule has 2 unspecified atom stereocenters. The Balaban J connectivity index is 1.81. The number of hydrogen-bond donors (Lipinski definition) is 4. The average molecular weight is 549 g/mol. The molecule has 0 amide bonds. The van der Waals surface area contributed by atoms with Crippen molar-refractivity contribution in [2.75, 3.05) is 31.3 Å². The Bertz CT molecular complexity index is 1120. The van der Waals surface area contributed by atoms with Crippen molar-refractivity contribution in [1.29, 1.82) is 0 Å². The number of nitrogen functional groups attached to an aromatic ring is 1. The maximum absolute atomic E-state index is 13.3. The summed E-state index contributed by atoms with van der Waals surface area (Å²) in [6.07, 6.45) is -2.26. The van der Waals surface area contributed by atoms with E-state index in [0.29, 0.717) is 17.9 Å². The molecule has 2 aromatic rings. The molecule has 5 N–H and O–H groups in total. The van der Waals surface area contributed by atoms with Crippen molar-refractivity contribution < 1.29 is 38.3 Å². The molecule has 1 aliphatic rings. The number of esters is 1. The normalized spacial score (nSPS) is 26.6. The van der Waals surface area contributed by atoms with Gasteiger partial charge in [-0.05, 0) is 27.7 Å². The van der Waals surface area contributed by atoms with Crippen LogP contribution in [0.2, 0.25) is 0 Å². The van der Waals surface area contributed by atoms with Crippen LogP contribution in [0.1, 0.15) is 40.8 Å². The van der Waals surface area contributed by atoms with Gasteiger partial charge < -0.3 is 34.7 Å². The van der Waals surface area contributed by atoms with Crippen LogP contribution in [0.4, 0.5) is 5.95 Å². The van der Waals surface area contributed by atoms with Gasteiger partial charge in [0.2, 0.25) is 11.8 Å². The molecule has 6 atom stereocenters. The molecule has 3 heterocycles. The number of anilines is 1. The molecule has 36 heavy (non-hydrogen) atoms. The van der Waals surface area contributed by atoms with E-state index in [0.717, 1.165) is 11.4 Å². The van der Waals surface area contributed by atoms with Crippen molar-refractivity contribution >= 4 is 41.2 Å². The van der Waals surface area contributed by atoms with Crippen molar-refractivity contribution in [2.24, 2.45) is 0 Å². The minimum atomic E-state index is -3.59. The second-order valence-electron chi connectivity index (χ2n) is 8.16. The van der Waals surface area contributed by atoms with Crippen molar-refractivity contribution in [3.05, 3.63) is 6.33 Å². The lowest BCUT2D eigenvalue weighted by Crippen LogP contribution is -2.44. The van der Waals surface area contributed by atoms with Crippen LogP contribution < -0.4 is 15.6 Å². The third-order valence-corrected chi connectivity index (χ3v) is 9.61. The Labute approximate surface area is 212 Å². The SMILES string of the molecule is CCOC(=O)C(C)NP(=O)(OC[C@H]1O[C@@H](n2cnc3c(OCC)nc(N)nc32)[C@](C)(O)[C@@H]1O)SCC. The summed E-state index contributed by atoms with van der Waals surface area (Å²) in [6, 6.07) is -0.887. The van der Waals surface area contributed by atoms with E-state index in [-0.39, 0.29) is 30.7 Å². The Kier molecular flexibility index (Phi) is 9.20. The van der Waals surface area contributed by atoms with Crippen LogP contribution >= 0.6 is 18.1 Å². The first-order chi connectivity index (χ1) is 17.0. The summed E-state index contributed by atoms with van der Waals surface area (Å²) in [5, 5.41) is 24.7. The van der Waals surface area contributed by atoms with Gasteiger partial charge >= 0.3 is 12.7 Å². The van der Waals surface area contributed by atoms with Gasteiger partial charge in [-0.2, -0.15) is 9.97 Å². The number of carbonyl (C=O) groups excluding carboxylic acids is 1. The largest absolute Gasteiger partial charge is 0.476 e. The van der Waals surface area contributed by atoms with Gasteiger partial charge in [0.1, 0.15) is 23.9 Å². The maximum Gasteiger partial charge on any atom is 0.327 e. The lowest BCUT2D eigenvalue weighted by Gasteiger charge is -2.27. The zero-order valence-electron chi connectivity index (χ0n) is 20.8. The predicted molar refractivity (Wildman–Crippen MR) is 132 cm³/mol. The van der Waals surface area contributed by atoms with Crippen LogP contribution in [-0.4, -0.2) is 85.1 Å². The van der Waals surface area contributed by atoms with Crippen LogP contribution in [0, 0.1) is 0 Å². The molecule has 0 bridgehead atoms. The topological polar surface area (TPSA) is 193 Å². The van der Waals surface area contributed by atoms with Gasteiger partial charge in [-0.1, -0.05) is 18.3 Å². The molecule has 16 heteroatoms. The number of nitrogens with one attached hydrogen (secondary N) is 1. The summed E-state index contributed by atoms with van der Waals surface area (Å²) in [7, 11) is 0. The van der Waals surface area contributed by atoms with Crippen molar-refractivity contribution in [2.45, 2.75) is 64.7 Å². The number of hydrogen-bond acceptors (Lipinski definition) is 13. The molecule has 0 aromatic carbocycles. The van der Waals surface area contributed by atoms with E-state index in [4.69, 9.17) is 24.5 Å². The molecule has 2 aromatic heterocycles. The molecule has 0 saturated carbocycles. The number of imidazole rings is 1. The van der Waals surface area contributed by atoms with Gasteiger partial charge in [0.25, 0.3) is 0 Å². The number of aliphatic hydroxyl groups is 2. The van der Waals surface area contributed by atoms with Gasteiger partial charge in [-0.15, -0.1) is 0 Å². The fourth-order valence-electron chi connectivity index (χ4n) is 3.70. The van der Waals surface area contributed by atoms with Crippen LogP contribution in [0.25, 0.3) is 11.2 Å². The Morgan fingerprint density at radius 2 is 2.11 bits per heavy atom. The molecule has 202 valence electrons. The van der Waals surface area contributed by atoms with Crippen LogP contribution in [-0.2, 0) is 23.4 Å². The van der Waals surface area contributed by atoms with E-state index in [1.54, 1.807) is 20.8 Å². The van der Waals surface area contributed by atoms with Gasteiger partial charge in [-0.3, -0.25) is 13.9 Å². The first kappa shape index (κ1) is 28.6. The maximum atomic E-state index is 13.3. The van der Waals surface area contributed by atoms with E-state index in [1.807, 2.05) is 0 Å². The lowest BCUT2D eigenvalue weighted by atomic mass is 9.96. The van der Waals surface area contributed by atoms with E-state index in [2.05, 4.69) is 20.0 Å². The Hall–Kier alpha value is -2.00. The Morgan fingerprint density at radius 3 is 2.75 bits per heavy atom. The quantitative estimate of drug-likeness (QED) is 0.218. The molecule has 0 radical (unpaired) electrons. The predicted octanol–water partition coefficient (Wildman–Crippen LogP) is 1.24. The highest BCUT2D eigenvalue weighted by molar-refractivity contribution is 8.56. The zero-order valence-corrected chi connectivity index (χ0v) is 22.5. The summed E-state index contributed by atoms with van der Waals surface area (Å²) in [5.41, 5.74) is 4.56. The monoisotopic (exact) mass is 548 g/mol. The van der Waals surface area contributed by atoms with Gasteiger partial charge in [-0.25, -0.2) is 10.1 Å². The summed E-state index contributed by atoms with van der Waals surface area (Å²) in [4.78, 5) is 24.5. The van der Waals surface area contributed by atoms with Crippen LogP contribution in [0.3, 0.4) is 0 Å². The molecule has 1 saturated heterocycles. The number of fused-ring (bicyclic) bond motifs is 1. The molecule has 1 aliphatic heterocycles. The number of aromatic nitrogens is 4. The molecule has 3 rings (SSSR count). The minimum absolute atomic E-state index is 0.0647. The van der Waals surface area contributed by atoms with E-state index >= 15 is 0 Å². The zero-order chi connectivity index (χ0) is 26.7. The van der Waals surface area contributed by atoms with Crippen molar-refractivity contribution in [1.82, 2.24) is 24.6 Å². The number of nitrogens with zero attached hydrogens (tertiary/aromatic N) is 4. The number of ether oxygens (including phenoxy) is 3. The molecular weight excluding hydrogens is 515 g/mol.